The summed E-state index contributed by atoms with van der Waals surface area (Å²) in [6.45, 7) is 3.71. The van der Waals surface area contributed by atoms with Gasteiger partial charge in [-0.25, -0.2) is 4.79 Å². The largest absolute Gasteiger partial charge is 0.494 e. The summed E-state index contributed by atoms with van der Waals surface area (Å²) in [6.07, 6.45) is 5.06. The predicted molar refractivity (Wildman–Crippen MR) is 105 cm³/mol. The van der Waals surface area contributed by atoms with E-state index in [1.165, 1.54) is 11.0 Å². The van der Waals surface area contributed by atoms with Gasteiger partial charge in [-0.3, -0.25) is 9.69 Å². The van der Waals surface area contributed by atoms with Crippen molar-refractivity contribution in [3.63, 3.8) is 0 Å². The number of amides is 1. The summed E-state index contributed by atoms with van der Waals surface area (Å²) in [6, 6.07) is 14.7. The lowest BCUT2D eigenvalue weighted by atomic mass is 10.1. The Morgan fingerprint density at radius 2 is 2.04 bits per heavy atom. The van der Waals surface area contributed by atoms with E-state index in [4.69, 9.17) is 9.47 Å². The summed E-state index contributed by atoms with van der Waals surface area (Å²) in [5, 5.41) is 0. The summed E-state index contributed by atoms with van der Waals surface area (Å²) < 4.78 is 10.6. The van der Waals surface area contributed by atoms with Crippen molar-refractivity contribution in [3.8, 4) is 5.75 Å². The molecule has 0 unspecified atom stereocenters. The van der Waals surface area contributed by atoms with Crippen LogP contribution >= 0.6 is 0 Å². The van der Waals surface area contributed by atoms with Crippen LogP contribution in [0.5, 0.6) is 5.75 Å². The fraction of sp³-hybridized carbons (Fsp3) is 0.273. The minimum atomic E-state index is -0.378. The zero-order valence-corrected chi connectivity index (χ0v) is 15.4. The van der Waals surface area contributed by atoms with Gasteiger partial charge in [0.05, 0.1) is 13.2 Å². The molecule has 0 saturated carbocycles. The molecule has 0 spiro atoms. The number of anilines is 1. The van der Waals surface area contributed by atoms with Gasteiger partial charge in [0.25, 0.3) is 0 Å². The van der Waals surface area contributed by atoms with E-state index in [1.807, 2.05) is 24.3 Å². The van der Waals surface area contributed by atoms with Crippen LogP contribution in [0.25, 0.3) is 6.08 Å². The van der Waals surface area contributed by atoms with Crippen LogP contribution < -0.4 is 9.64 Å². The molecule has 27 heavy (non-hydrogen) atoms. The van der Waals surface area contributed by atoms with Crippen molar-refractivity contribution < 1.29 is 19.1 Å². The van der Waals surface area contributed by atoms with Crippen molar-refractivity contribution in [3.05, 3.63) is 65.7 Å². The SMILES string of the molecule is CCCCOc1ccc(C=CC(=O)c2cccc(N3CCOC3=O)c2)cc1. The van der Waals surface area contributed by atoms with Gasteiger partial charge in [0, 0.05) is 11.3 Å². The molecule has 0 atom stereocenters. The Morgan fingerprint density at radius 3 is 2.74 bits per heavy atom. The highest BCUT2D eigenvalue weighted by Gasteiger charge is 2.23. The number of unbranched alkanes of at least 4 members (excludes halogenated alkanes) is 1. The molecule has 0 aliphatic carbocycles. The third-order valence-corrected chi connectivity index (χ3v) is 4.28. The molecule has 1 amide bonds. The molecule has 1 heterocycles. The quantitative estimate of drug-likeness (QED) is 0.386. The first-order valence-electron chi connectivity index (χ1n) is 9.17. The maximum Gasteiger partial charge on any atom is 0.414 e. The van der Waals surface area contributed by atoms with Crippen molar-refractivity contribution >= 4 is 23.6 Å². The number of ketones is 1. The van der Waals surface area contributed by atoms with Crippen LogP contribution in [0.4, 0.5) is 10.5 Å². The number of hydrogen-bond donors (Lipinski definition) is 0. The molecule has 0 N–H and O–H groups in total. The lowest BCUT2D eigenvalue weighted by Crippen LogP contribution is -2.23. The van der Waals surface area contributed by atoms with E-state index in [0.717, 1.165) is 24.2 Å². The second kappa shape index (κ2) is 9.03. The fourth-order valence-corrected chi connectivity index (χ4v) is 2.73. The number of cyclic esters (lactones) is 1. The maximum atomic E-state index is 12.5. The Labute approximate surface area is 159 Å². The minimum Gasteiger partial charge on any atom is -0.494 e. The minimum absolute atomic E-state index is 0.118. The molecule has 0 radical (unpaired) electrons. The highest BCUT2D eigenvalue weighted by molar-refractivity contribution is 6.07. The summed E-state index contributed by atoms with van der Waals surface area (Å²) >= 11 is 0. The predicted octanol–water partition coefficient (Wildman–Crippen LogP) is 4.72. The molecule has 2 aromatic carbocycles. The van der Waals surface area contributed by atoms with E-state index >= 15 is 0 Å². The molecule has 3 rings (SSSR count). The van der Waals surface area contributed by atoms with Gasteiger partial charge in [-0.15, -0.1) is 0 Å². The van der Waals surface area contributed by atoms with Gasteiger partial charge in [0.2, 0.25) is 0 Å². The Kier molecular flexibility index (Phi) is 6.26. The van der Waals surface area contributed by atoms with Crippen LogP contribution in [0.3, 0.4) is 0 Å². The van der Waals surface area contributed by atoms with Crippen molar-refractivity contribution in [2.45, 2.75) is 19.8 Å². The van der Waals surface area contributed by atoms with Crippen molar-refractivity contribution in [1.82, 2.24) is 0 Å². The first-order chi connectivity index (χ1) is 13.2. The zero-order chi connectivity index (χ0) is 19.1. The molecule has 1 saturated heterocycles. The van der Waals surface area contributed by atoms with Crippen molar-refractivity contribution in [2.75, 3.05) is 24.7 Å². The second-order valence-corrected chi connectivity index (χ2v) is 6.28. The lowest BCUT2D eigenvalue weighted by molar-refractivity contribution is 0.104. The van der Waals surface area contributed by atoms with E-state index in [0.29, 0.717) is 31.0 Å². The number of carbonyl (C=O) groups excluding carboxylic acids is 2. The van der Waals surface area contributed by atoms with E-state index < -0.39 is 0 Å². The average molecular weight is 365 g/mol. The first-order valence-corrected chi connectivity index (χ1v) is 9.17. The number of benzene rings is 2. The van der Waals surface area contributed by atoms with Crippen LogP contribution in [0, 0.1) is 0 Å². The van der Waals surface area contributed by atoms with E-state index in [9.17, 15) is 9.59 Å². The van der Waals surface area contributed by atoms with Gasteiger partial charge in [-0.2, -0.15) is 0 Å². The fourth-order valence-electron chi connectivity index (χ4n) is 2.73. The molecule has 2 aromatic rings. The number of ether oxygens (including phenoxy) is 2. The molecule has 0 bridgehead atoms. The molecular weight excluding hydrogens is 342 g/mol. The average Bonchev–Trinajstić information content (AvgIpc) is 3.13. The Balaban J connectivity index is 1.63. The summed E-state index contributed by atoms with van der Waals surface area (Å²) in [7, 11) is 0. The van der Waals surface area contributed by atoms with E-state index in [-0.39, 0.29) is 11.9 Å². The normalized spacial score (nSPS) is 13.8. The first kappa shape index (κ1) is 18.7. The van der Waals surface area contributed by atoms with Crippen LogP contribution in [-0.2, 0) is 4.74 Å². The monoisotopic (exact) mass is 365 g/mol. The lowest BCUT2D eigenvalue weighted by Gasteiger charge is -2.13. The van der Waals surface area contributed by atoms with E-state index in [2.05, 4.69) is 6.92 Å². The van der Waals surface area contributed by atoms with Crippen LogP contribution in [0.15, 0.2) is 54.6 Å². The molecule has 1 aliphatic heterocycles. The van der Waals surface area contributed by atoms with Gasteiger partial charge < -0.3 is 9.47 Å². The highest BCUT2D eigenvalue weighted by Crippen LogP contribution is 2.21. The van der Waals surface area contributed by atoms with Gasteiger partial charge in [-0.1, -0.05) is 43.7 Å². The van der Waals surface area contributed by atoms with Gasteiger partial charge >= 0.3 is 6.09 Å². The maximum absolute atomic E-state index is 12.5. The zero-order valence-electron chi connectivity index (χ0n) is 15.4. The molecular formula is C22H23NO4. The summed E-state index contributed by atoms with van der Waals surface area (Å²) in [5.41, 5.74) is 2.12. The summed E-state index contributed by atoms with van der Waals surface area (Å²) in [4.78, 5) is 25.7. The topological polar surface area (TPSA) is 55.8 Å². The number of carbonyl (C=O) groups is 2. The Hall–Kier alpha value is -3.08. The number of rotatable bonds is 8. The Bertz CT molecular complexity index is 826. The van der Waals surface area contributed by atoms with Crippen molar-refractivity contribution in [1.29, 1.82) is 0 Å². The third kappa shape index (κ3) is 4.97. The van der Waals surface area contributed by atoms with Crippen molar-refractivity contribution in [2.24, 2.45) is 0 Å². The number of hydrogen-bond acceptors (Lipinski definition) is 4. The third-order valence-electron chi connectivity index (χ3n) is 4.28. The van der Waals surface area contributed by atoms with Gasteiger partial charge in [0.15, 0.2) is 5.78 Å². The van der Waals surface area contributed by atoms with Crippen LogP contribution in [0.2, 0.25) is 0 Å². The van der Waals surface area contributed by atoms with Crippen LogP contribution in [-0.4, -0.2) is 31.6 Å². The smallest absolute Gasteiger partial charge is 0.414 e. The van der Waals surface area contributed by atoms with Gasteiger partial charge in [0.1, 0.15) is 12.4 Å². The standard InChI is InChI=1S/C22H23NO4/c1-2-3-14-26-20-10-7-17(8-11-20)9-12-21(24)18-5-4-6-19(16-18)23-13-15-27-22(23)25/h4-12,16H,2-3,13-15H2,1H3. The number of nitrogens with zero attached hydrogens (tertiary/aromatic N) is 1. The molecule has 1 aliphatic rings. The highest BCUT2D eigenvalue weighted by atomic mass is 16.6. The molecule has 140 valence electrons. The van der Waals surface area contributed by atoms with Crippen LogP contribution in [0.1, 0.15) is 35.7 Å². The second-order valence-electron chi connectivity index (χ2n) is 6.28. The molecule has 5 nitrogen and oxygen atoms in total. The van der Waals surface area contributed by atoms with E-state index in [1.54, 1.807) is 30.3 Å². The van der Waals surface area contributed by atoms with Gasteiger partial charge in [-0.05, 0) is 42.3 Å². The Morgan fingerprint density at radius 1 is 1.22 bits per heavy atom. The summed E-state index contributed by atoms with van der Waals surface area (Å²) in [5.74, 6) is 0.713. The molecule has 5 heteroatoms. The molecule has 1 fully saturated rings. The molecule has 0 aromatic heterocycles. The number of allylic oxidation sites excluding steroid dienone is 1.